The van der Waals surface area contributed by atoms with Crippen molar-refractivity contribution in [1.82, 2.24) is 30.1 Å². The third-order valence-electron chi connectivity index (χ3n) is 9.17. The standard InChI is InChI=1S/C32H38N6O5/c1-19-14-34-31(35-15-19)43-22-10-21-8-6-4-5-7-9-27(40)36-18-32-12-25(30(42)33-3)38(26(32)13-32)28(41)17-37-16-24(20(2)39)23(11-22)29(21)37/h10-11,14-16,25-26H,4-9,12-13,17-18H2,1-3H3,(H,33,42)(H,36,40)/t25-,26+,32-/m0/s1. The molecule has 11 heteroatoms. The van der Waals surface area contributed by atoms with Crippen molar-refractivity contribution < 1.29 is 23.9 Å². The molecular formula is C32H38N6O5. The van der Waals surface area contributed by atoms with Crippen molar-refractivity contribution in [3.63, 3.8) is 0 Å². The first-order valence-corrected chi connectivity index (χ1v) is 15.1. The van der Waals surface area contributed by atoms with Crippen molar-refractivity contribution in [3.05, 3.63) is 47.4 Å². The van der Waals surface area contributed by atoms with Gasteiger partial charge in [-0.3, -0.25) is 19.2 Å². The summed E-state index contributed by atoms with van der Waals surface area (Å²) in [4.78, 5) is 62.7. The third-order valence-corrected chi connectivity index (χ3v) is 9.17. The minimum absolute atomic E-state index is 0.00943. The highest BCUT2D eigenvalue weighted by Gasteiger charge is 2.66. The van der Waals surface area contributed by atoms with Crippen LogP contribution in [0.5, 0.6) is 11.8 Å². The lowest BCUT2D eigenvalue weighted by Crippen LogP contribution is -2.48. The Morgan fingerprint density at radius 2 is 1.81 bits per heavy atom. The highest BCUT2D eigenvalue weighted by atomic mass is 16.5. The predicted octanol–water partition coefficient (Wildman–Crippen LogP) is 3.46. The van der Waals surface area contributed by atoms with Crippen LogP contribution in [0.1, 0.15) is 73.4 Å². The van der Waals surface area contributed by atoms with Gasteiger partial charge in [-0.1, -0.05) is 12.8 Å². The first kappa shape index (κ1) is 28.8. The zero-order chi connectivity index (χ0) is 30.3. The van der Waals surface area contributed by atoms with Gasteiger partial charge in [-0.15, -0.1) is 0 Å². The van der Waals surface area contributed by atoms with E-state index in [1.165, 1.54) is 6.92 Å². The number of likely N-dealkylation sites (N-methyl/N-ethyl adjacent to an activating group) is 1. The van der Waals surface area contributed by atoms with Crippen molar-refractivity contribution in [1.29, 1.82) is 0 Å². The number of benzene rings is 1. The van der Waals surface area contributed by atoms with E-state index in [1.807, 2.05) is 23.6 Å². The molecule has 2 fully saturated rings. The van der Waals surface area contributed by atoms with Gasteiger partial charge in [-0.2, -0.15) is 0 Å². The highest BCUT2D eigenvalue weighted by molar-refractivity contribution is 6.08. The van der Waals surface area contributed by atoms with Crippen LogP contribution in [0.25, 0.3) is 10.9 Å². The molecule has 43 heavy (non-hydrogen) atoms. The molecule has 1 saturated carbocycles. The van der Waals surface area contributed by atoms with E-state index in [1.54, 1.807) is 30.5 Å². The van der Waals surface area contributed by atoms with E-state index in [0.717, 1.165) is 48.7 Å². The summed E-state index contributed by atoms with van der Waals surface area (Å²) in [6, 6.07) is 3.25. The Bertz CT molecular complexity index is 1600. The normalized spacial score (nSPS) is 24.2. The molecule has 2 aliphatic heterocycles. The van der Waals surface area contributed by atoms with E-state index in [2.05, 4.69) is 20.6 Å². The van der Waals surface area contributed by atoms with E-state index in [9.17, 15) is 19.2 Å². The largest absolute Gasteiger partial charge is 0.424 e. The van der Waals surface area contributed by atoms with Gasteiger partial charge in [0, 0.05) is 61.0 Å². The molecule has 6 rings (SSSR count). The summed E-state index contributed by atoms with van der Waals surface area (Å²) in [6.07, 6.45) is 11.1. The van der Waals surface area contributed by atoms with Crippen molar-refractivity contribution in [2.45, 2.75) is 83.8 Å². The van der Waals surface area contributed by atoms with Crippen molar-refractivity contribution >= 4 is 34.4 Å². The molecule has 2 aromatic heterocycles. The number of nitrogens with one attached hydrogen (secondary N) is 2. The van der Waals surface area contributed by atoms with Crippen LogP contribution in [0.4, 0.5) is 0 Å². The number of aryl methyl sites for hydroxylation is 2. The summed E-state index contributed by atoms with van der Waals surface area (Å²) in [5.41, 5.74) is 2.90. The summed E-state index contributed by atoms with van der Waals surface area (Å²) >= 11 is 0. The van der Waals surface area contributed by atoms with E-state index in [-0.39, 0.29) is 47.5 Å². The summed E-state index contributed by atoms with van der Waals surface area (Å²) in [5.74, 6) is 0.0308. The number of carbonyl (C=O) groups excluding carboxylic acids is 4. The number of amides is 3. The topological polar surface area (TPSA) is 136 Å². The Morgan fingerprint density at radius 3 is 2.53 bits per heavy atom. The van der Waals surface area contributed by atoms with Crippen LogP contribution in [0.3, 0.4) is 0 Å². The Labute approximate surface area is 250 Å². The number of nitrogens with zero attached hydrogens (tertiary/aromatic N) is 4. The van der Waals surface area contributed by atoms with Crippen molar-refractivity contribution in [3.8, 4) is 11.8 Å². The van der Waals surface area contributed by atoms with Crippen LogP contribution in [0, 0.1) is 12.3 Å². The molecule has 3 aromatic rings. The Balaban J connectivity index is 1.41. The second-order valence-corrected chi connectivity index (χ2v) is 12.3. The number of piperidine rings is 1. The van der Waals surface area contributed by atoms with Gasteiger partial charge in [-0.05, 0) is 69.2 Å². The molecule has 0 radical (unpaired) electrons. The van der Waals surface area contributed by atoms with Crippen LogP contribution in [0.2, 0.25) is 0 Å². The molecule has 3 aliphatic rings. The van der Waals surface area contributed by atoms with Gasteiger partial charge in [-0.25, -0.2) is 9.97 Å². The van der Waals surface area contributed by atoms with E-state index >= 15 is 0 Å². The van der Waals surface area contributed by atoms with Crippen LogP contribution >= 0.6 is 0 Å². The molecule has 1 aromatic carbocycles. The van der Waals surface area contributed by atoms with Crippen molar-refractivity contribution in [2.75, 3.05) is 13.6 Å². The molecule has 3 atom stereocenters. The van der Waals surface area contributed by atoms with Crippen LogP contribution in [-0.4, -0.2) is 68.6 Å². The average molecular weight is 587 g/mol. The fourth-order valence-corrected chi connectivity index (χ4v) is 6.87. The lowest BCUT2D eigenvalue weighted by Gasteiger charge is -2.26. The highest BCUT2D eigenvalue weighted by Crippen LogP contribution is 2.59. The van der Waals surface area contributed by atoms with Crippen LogP contribution in [-0.2, 0) is 27.3 Å². The molecule has 226 valence electrons. The molecular weight excluding hydrogens is 548 g/mol. The number of Topliss-reactive ketones (excluding diaryl/α,β-unsaturated/α-hetero) is 1. The number of ether oxygens (including phenoxy) is 1. The maximum atomic E-state index is 14.0. The van der Waals surface area contributed by atoms with Crippen molar-refractivity contribution in [2.24, 2.45) is 5.41 Å². The fraction of sp³-hybridized carbons (Fsp3) is 0.500. The molecule has 2 bridgehead atoms. The number of ketones is 1. The van der Waals surface area contributed by atoms with Gasteiger partial charge < -0.3 is 24.8 Å². The van der Waals surface area contributed by atoms with Crippen LogP contribution < -0.4 is 15.4 Å². The van der Waals surface area contributed by atoms with Crippen LogP contribution in [0.15, 0.2) is 30.7 Å². The van der Waals surface area contributed by atoms with Gasteiger partial charge in [0.1, 0.15) is 18.3 Å². The second kappa shape index (κ2) is 11.4. The Hall–Kier alpha value is -4.28. The lowest BCUT2D eigenvalue weighted by molar-refractivity contribution is -0.140. The average Bonchev–Trinajstić information content (AvgIpc) is 3.40. The van der Waals surface area contributed by atoms with Gasteiger partial charge in [0.25, 0.3) is 0 Å². The molecule has 4 heterocycles. The quantitative estimate of drug-likeness (QED) is 0.447. The van der Waals surface area contributed by atoms with E-state index < -0.39 is 6.04 Å². The predicted molar refractivity (Wildman–Crippen MR) is 159 cm³/mol. The molecule has 1 saturated heterocycles. The first-order valence-electron chi connectivity index (χ1n) is 15.1. The number of carbonyl (C=O) groups is 4. The monoisotopic (exact) mass is 586 g/mol. The van der Waals surface area contributed by atoms with Gasteiger partial charge in [0.15, 0.2) is 5.78 Å². The van der Waals surface area contributed by atoms with E-state index in [4.69, 9.17) is 4.74 Å². The molecule has 2 N–H and O–H groups in total. The lowest BCUT2D eigenvalue weighted by atomic mass is 9.98. The molecule has 0 unspecified atom stereocenters. The zero-order valence-electron chi connectivity index (χ0n) is 24.9. The number of aromatic nitrogens is 3. The summed E-state index contributed by atoms with van der Waals surface area (Å²) in [6.45, 7) is 3.87. The molecule has 11 nitrogen and oxygen atoms in total. The Morgan fingerprint density at radius 1 is 1.07 bits per heavy atom. The van der Waals surface area contributed by atoms with E-state index in [0.29, 0.717) is 42.5 Å². The third kappa shape index (κ3) is 5.60. The number of hydrogen-bond acceptors (Lipinski definition) is 7. The summed E-state index contributed by atoms with van der Waals surface area (Å²) in [5, 5.41) is 6.50. The fourth-order valence-electron chi connectivity index (χ4n) is 6.87. The SMILES string of the molecule is CNC(=O)[C@@H]1C[C@]23CNC(=O)CCCCCCc4cc(Oc5ncc(C)cn5)cc5c(C(C)=O)cn(c45)CC(=O)N1[C@@H]2C3. The Kier molecular flexibility index (Phi) is 7.66. The van der Waals surface area contributed by atoms with Gasteiger partial charge in [0.2, 0.25) is 17.7 Å². The number of hydrogen-bond donors (Lipinski definition) is 2. The second-order valence-electron chi connectivity index (χ2n) is 12.3. The maximum Gasteiger partial charge on any atom is 0.321 e. The molecule has 3 amide bonds. The maximum absolute atomic E-state index is 14.0. The smallest absolute Gasteiger partial charge is 0.321 e. The molecule has 0 spiro atoms. The minimum atomic E-state index is -0.602. The van der Waals surface area contributed by atoms with Gasteiger partial charge >= 0.3 is 6.01 Å². The summed E-state index contributed by atoms with van der Waals surface area (Å²) in [7, 11) is 1.58. The number of rotatable bonds is 4. The summed E-state index contributed by atoms with van der Waals surface area (Å²) < 4.78 is 7.90. The first-order chi connectivity index (χ1) is 20.7. The zero-order valence-corrected chi connectivity index (χ0v) is 24.9. The van der Waals surface area contributed by atoms with Gasteiger partial charge in [0.05, 0.1) is 5.52 Å². The minimum Gasteiger partial charge on any atom is -0.424 e. The molecule has 1 aliphatic carbocycles.